The lowest BCUT2D eigenvalue weighted by Crippen LogP contribution is -2.40. The summed E-state index contributed by atoms with van der Waals surface area (Å²) in [7, 11) is 1.86. The minimum absolute atomic E-state index is 0.0844. The van der Waals surface area contributed by atoms with Crippen LogP contribution in [0.2, 0.25) is 5.02 Å². The van der Waals surface area contributed by atoms with Gasteiger partial charge in [0.2, 0.25) is 0 Å². The Balaban J connectivity index is 2.16. The SMILES string of the molecule is CCNc1ccc(Cl)c(C(=O)N(C)C2CCCC(C)C2)n1. The zero-order valence-corrected chi connectivity index (χ0v) is 13.8. The molecular weight excluding hydrogens is 286 g/mol. The summed E-state index contributed by atoms with van der Waals surface area (Å²) in [6.45, 7) is 5.01. The predicted octanol–water partition coefficient (Wildman–Crippen LogP) is 3.82. The fourth-order valence-electron chi connectivity index (χ4n) is 2.96. The van der Waals surface area contributed by atoms with Crippen LogP contribution in [0.4, 0.5) is 5.82 Å². The van der Waals surface area contributed by atoms with Gasteiger partial charge in [-0.25, -0.2) is 4.98 Å². The third kappa shape index (κ3) is 3.88. The first-order valence-electron chi connectivity index (χ1n) is 7.70. The van der Waals surface area contributed by atoms with E-state index >= 15 is 0 Å². The molecule has 1 heterocycles. The average Bonchev–Trinajstić information content (AvgIpc) is 2.48. The summed E-state index contributed by atoms with van der Waals surface area (Å²) in [5.74, 6) is 1.28. The van der Waals surface area contributed by atoms with Crippen molar-refractivity contribution >= 4 is 23.3 Å². The zero-order chi connectivity index (χ0) is 15.4. The minimum Gasteiger partial charge on any atom is -0.370 e. The molecule has 1 fully saturated rings. The highest BCUT2D eigenvalue weighted by Crippen LogP contribution is 2.28. The molecule has 1 aromatic heterocycles. The van der Waals surface area contributed by atoms with Crippen LogP contribution in [0.1, 0.15) is 50.0 Å². The molecule has 2 rings (SSSR count). The number of carbonyl (C=O) groups is 1. The van der Waals surface area contributed by atoms with Crippen molar-refractivity contribution in [2.24, 2.45) is 5.92 Å². The molecule has 0 aromatic carbocycles. The minimum atomic E-state index is -0.0844. The maximum atomic E-state index is 12.7. The standard InChI is InChI=1S/C16H24ClN3O/c1-4-18-14-9-8-13(17)15(19-14)16(21)20(3)12-7-5-6-11(2)10-12/h8-9,11-12H,4-7,10H2,1-3H3,(H,18,19). The molecule has 21 heavy (non-hydrogen) atoms. The highest BCUT2D eigenvalue weighted by atomic mass is 35.5. The fraction of sp³-hybridized carbons (Fsp3) is 0.625. The fourth-order valence-corrected chi connectivity index (χ4v) is 3.14. The van der Waals surface area contributed by atoms with Crippen LogP contribution in [-0.4, -0.2) is 35.4 Å². The summed E-state index contributed by atoms with van der Waals surface area (Å²) in [6.07, 6.45) is 4.57. The van der Waals surface area contributed by atoms with Crippen molar-refractivity contribution in [2.75, 3.05) is 18.9 Å². The molecule has 0 saturated heterocycles. The lowest BCUT2D eigenvalue weighted by Gasteiger charge is -2.34. The van der Waals surface area contributed by atoms with Crippen LogP contribution < -0.4 is 5.32 Å². The molecule has 2 unspecified atom stereocenters. The number of hydrogen-bond acceptors (Lipinski definition) is 3. The van der Waals surface area contributed by atoms with Crippen molar-refractivity contribution in [1.29, 1.82) is 0 Å². The second-order valence-corrected chi connectivity index (χ2v) is 6.31. The predicted molar refractivity (Wildman–Crippen MR) is 86.9 cm³/mol. The average molecular weight is 310 g/mol. The maximum absolute atomic E-state index is 12.7. The number of rotatable bonds is 4. The van der Waals surface area contributed by atoms with Crippen LogP contribution in [0.5, 0.6) is 0 Å². The summed E-state index contributed by atoms with van der Waals surface area (Å²) < 4.78 is 0. The van der Waals surface area contributed by atoms with Gasteiger partial charge in [0.05, 0.1) is 5.02 Å². The van der Waals surface area contributed by atoms with E-state index in [1.165, 1.54) is 12.8 Å². The Morgan fingerprint density at radius 1 is 1.48 bits per heavy atom. The number of pyridine rings is 1. The van der Waals surface area contributed by atoms with Gasteiger partial charge in [-0.05, 0) is 37.8 Å². The molecule has 1 aliphatic carbocycles. The van der Waals surface area contributed by atoms with Gasteiger partial charge >= 0.3 is 0 Å². The Kier molecular flexibility index (Phi) is 5.45. The van der Waals surface area contributed by atoms with E-state index < -0.39 is 0 Å². The van der Waals surface area contributed by atoms with E-state index in [0.717, 1.165) is 19.4 Å². The molecule has 2 atom stereocenters. The summed E-state index contributed by atoms with van der Waals surface area (Å²) in [4.78, 5) is 18.9. The monoisotopic (exact) mass is 309 g/mol. The number of carbonyl (C=O) groups excluding carboxylic acids is 1. The van der Waals surface area contributed by atoms with Crippen LogP contribution in [-0.2, 0) is 0 Å². The van der Waals surface area contributed by atoms with Crippen molar-refractivity contribution < 1.29 is 4.79 Å². The Hall–Kier alpha value is -1.29. The van der Waals surface area contributed by atoms with Crippen molar-refractivity contribution in [2.45, 2.75) is 45.6 Å². The first kappa shape index (κ1) is 16.1. The molecule has 1 aromatic rings. The topological polar surface area (TPSA) is 45.2 Å². The van der Waals surface area contributed by atoms with E-state index in [2.05, 4.69) is 17.2 Å². The van der Waals surface area contributed by atoms with Crippen LogP contribution in [0, 0.1) is 5.92 Å². The van der Waals surface area contributed by atoms with E-state index in [1.807, 2.05) is 18.9 Å². The van der Waals surface area contributed by atoms with Gasteiger partial charge in [0.15, 0.2) is 0 Å². The molecule has 1 amide bonds. The van der Waals surface area contributed by atoms with E-state index in [-0.39, 0.29) is 5.91 Å². The number of nitrogens with one attached hydrogen (secondary N) is 1. The zero-order valence-electron chi connectivity index (χ0n) is 13.0. The molecular formula is C16H24ClN3O. The van der Waals surface area contributed by atoms with Gasteiger partial charge in [-0.3, -0.25) is 4.79 Å². The lowest BCUT2D eigenvalue weighted by atomic mass is 9.86. The Bertz CT molecular complexity index is 506. The number of halogens is 1. The van der Waals surface area contributed by atoms with Crippen molar-refractivity contribution in [1.82, 2.24) is 9.88 Å². The van der Waals surface area contributed by atoms with Crippen molar-refractivity contribution in [3.63, 3.8) is 0 Å². The van der Waals surface area contributed by atoms with Gasteiger partial charge < -0.3 is 10.2 Å². The highest BCUT2D eigenvalue weighted by Gasteiger charge is 2.27. The number of nitrogens with zero attached hydrogens (tertiary/aromatic N) is 2. The van der Waals surface area contributed by atoms with Crippen LogP contribution >= 0.6 is 11.6 Å². The summed E-state index contributed by atoms with van der Waals surface area (Å²) in [5.41, 5.74) is 0.343. The molecule has 0 spiro atoms. The normalized spacial score (nSPS) is 21.9. The lowest BCUT2D eigenvalue weighted by molar-refractivity contribution is 0.0666. The molecule has 116 valence electrons. The van der Waals surface area contributed by atoms with Crippen molar-refractivity contribution in [3.8, 4) is 0 Å². The molecule has 5 heteroatoms. The first-order valence-corrected chi connectivity index (χ1v) is 8.08. The van der Waals surface area contributed by atoms with Gasteiger partial charge in [0, 0.05) is 19.6 Å². The molecule has 0 radical (unpaired) electrons. The highest BCUT2D eigenvalue weighted by molar-refractivity contribution is 6.33. The number of anilines is 1. The van der Waals surface area contributed by atoms with Crippen LogP contribution in [0.15, 0.2) is 12.1 Å². The van der Waals surface area contributed by atoms with Gasteiger partial charge in [-0.2, -0.15) is 0 Å². The summed E-state index contributed by atoms with van der Waals surface area (Å²) >= 11 is 6.17. The van der Waals surface area contributed by atoms with Gasteiger partial charge in [-0.15, -0.1) is 0 Å². The Morgan fingerprint density at radius 3 is 2.90 bits per heavy atom. The second kappa shape index (κ2) is 7.12. The molecule has 0 bridgehead atoms. The number of amides is 1. The Labute approximate surface area is 131 Å². The third-order valence-corrected chi connectivity index (χ3v) is 4.49. The quantitative estimate of drug-likeness (QED) is 0.919. The van der Waals surface area contributed by atoms with E-state index in [4.69, 9.17) is 11.6 Å². The molecule has 1 aliphatic rings. The van der Waals surface area contributed by atoms with E-state index in [9.17, 15) is 4.79 Å². The Morgan fingerprint density at radius 2 is 2.24 bits per heavy atom. The summed E-state index contributed by atoms with van der Waals surface area (Å²) in [5, 5.41) is 3.53. The molecule has 1 N–H and O–H groups in total. The van der Waals surface area contributed by atoms with Gasteiger partial charge in [0.25, 0.3) is 5.91 Å². The smallest absolute Gasteiger partial charge is 0.274 e. The second-order valence-electron chi connectivity index (χ2n) is 5.90. The maximum Gasteiger partial charge on any atom is 0.274 e. The van der Waals surface area contributed by atoms with Crippen LogP contribution in [0.3, 0.4) is 0 Å². The number of aromatic nitrogens is 1. The van der Waals surface area contributed by atoms with Crippen LogP contribution in [0.25, 0.3) is 0 Å². The summed E-state index contributed by atoms with van der Waals surface area (Å²) in [6, 6.07) is 3.82. The van der Waals surface area contributed by atoms with E-state index in [1.54, 1.807) is 12.1 Å². The van der Waals surface area contributed by atoms with Gasteiger partial charge in [-0.1, -0.05) is 31.4 Å². The van der Waals surface area contributed by atoms with Gasteiger partial charge in [0.1, 0.15) is 11.5 Å². The molecule has 0 aliphatic heterocycles. The number of hydrogen-bond donors (Lipinski definition) is 1. The van der Waals surface area contributed by atoms with Crippen molar-refractivity contribution in [3.05, 3.63) is 22.8 Å². The largest absolute Gasteiger partial charge is 0.370 e. The molecule has 4 nitrogen and oxygen atoms in total. The molecule has 1 saturated carbocycles. The van der Waals surface area contributed by atoms with E-state index in [0.29, 0.717) is 28.5 Å². The third-order valence-electron chi connectivity index (χ3n) is 4.18. The first-order chi connectivity index (χ1) is 10.0.